The Kier molecular flexibility index (Phi) is 2.82. The van der Waals surface area contributed by atoms with E-state index in [0.717, 1.165) is 0 Å². The van der Waals surface area contributed by atoms with Gasteiger partial charge in [-0.15, -0.1) is 0 Å². The first-order valence-corrected chi connectivity index (χ1v) is 4.85. The molecule has 0 unspecified atom stereocenters. The minimum absolute atomic E-state index is 0.0243. The van der Waals surface area contributed by atoms with Gasteiger partial charge in [-0.1, -0.05) is 0 Å². The van der Waals surface area contributed by atoms with Gasteiger partial charge in [0.1, 0.15) is 0 Å². The maximum absolute atomic E-state index is 10.8. The van der Waals surface area contributed by atoms with Crippen LogP contribution in [0.4, 0.5) is 0 Å². The van der Waals surface area contributed by atoms with Crippen LogP contribution in [-0.4, -0.2) is 25.7 Å². The van der Waals surface area contributed by atoms with Gasteiger partial charge in [0.05, 0.1) is 12.1 Å². The average Bonchev–Trinajstić information content (AvgIpc) is 2.67. The van der Waals surface area contributed by atoms with Crippen molar-refractivity contribution in [2.24, 2.45) is 5.73 Å². The lowest BCUT2D eigenvalue weighted by atomic mass is 10.3. The van der Waals surface area contributed by atoms with Crippen LogP contribution in [0.1, 0.15) is 5.69 Å². The second-order valence-corrected chi connectivity index (χ2v) is 3.42. The van der Waals surface area contributed by atoms with E-state index >= 15 is 0 Å². The summed E-state index contributed by atoms with van der Waals surface area (Å²) in [4.78, 5) is 18.7. The highest BCUT2D eigenvalue weighted by Gasteiger charge is 2.07. The number of primary amides is 1. The van der Waals surface area contributed by atoms with E-state index in [1.165, 1.54) is 4.68 Å². The highest BCUT2D eigenvalue weighted by atomic mass is 35.5. The van der Waals surface area contributed by atoms with Crippen LogP contribution in [0.25, 0.3) is 5.82 Å². The third-order valence-corrected chi connectivity index (χ3v) is 2.00. The molecule has 2 N–H and O–H groups in total. The van der Waals surface area contributed by atoms with Gasteiger partial charge >= 0.3 is 0 Å². The van der Waals surface area contributed by atoms with E-state index in [1.807, 2.05) is 0 Å². The number of nitrogens with two attached hydrogens (primary N) is 1. The average molecular weight is 238 g/mol. The highest BCUT2D eigenvalue weighted by molar-refractivity contribution is 6.28. The molecule has 0 saturated heterocycles. The Morgan fingerprint density at radius 2 is 2.31 bits per heavy atom. The van der Waals surface area contributed by atoms with Crippen LogP contribution < -0.4 is 5.73 Å². The van der Waals surface area contributed by atoms with Crippen LogP contribution in [0.2, 0.25) is 5.28 Å². The van der Waals surface area contributed by atoms with Gasteiger partial charge in [-0.3, -0.25) is 4.79 Å². The summed E-state index contributed by atoms with van der Waals surface area (Å²) in [7, 11) is 0. The van der Waals surface area contributed by atoms with Gasteiger partial charge in [0.25, 0.3) is 0 Å². The third-order valence-electron chi connectivity index (χ3n) is 1.83. The summed E-state index contributed by atoms with van der Waals surface area (Å²) in [5.41, 5.74) is 5.55. The number of carbonyl (C=O) groups is 1. The predicted octanol–water partition coefficient (Wildman–Crippen LogP) is 0.343. The van der Waals surface area contributed by atoms with Crippen molar-refractivity contribution in [2.45, 2.75) is 6.42 Å². The van der Waals surface area contributed by atoms with E-state index in [0.29, 0.717) is 11.5 Å². The lowest BCUT2D eigenvalue weighted by molar-refractivity contribution is -0.117. The summed E-state index contributed by atoms with van der Waals surface area (Å²) < 4.78 is 1.53. The number of rotatable bonds is 3. The van der Waals surface area contributed by atoms with Gasteiger partial charge in [0, 0.05) is 18.5 Å². The molecule has 6 nitrogen and oxygen atoms in total. The number of halogens is 1. The molecule has 0 aliphatic heterocycles. The Hall–Kier alpha value is -1.95. The van der Waals surface area contributed by atoms with E-state index in [9.17, 15) is 4.79 Å². The van der Waals surface area contributed by atoms with Crippen molar-refractivity contribution >= 4 is 17.5 Å². The zero-order valence-corrected chi connectivity index (χ0v) is 8.92. The van der Waals surface area contributed by atoms with E-state index < -0.39 is 5.91 Å². The smallest absolute Gasteiger partial charge is 0.224 e. The second kappa shape index (κ2) is 4.28. The molecule has 0 aliphatic rings. The molecular formula is C9H8ClN5O. The quantitative estimate of drug-likeness (QED) is 0.780. The Morgan fingerprint density at radius 3 is 2.94 bits per heavy atom. The fourth-order valence-corrected chi connectivity index (χ4v) is 1.44. The molecule has 2 aromatic heterocycles. The van der Waals surface area contributed by atoms with Crippen molar-refractivity contribution in [3.8, 4) is 5.82 Å². The molecule has 2 aromatic rings. The van der Waals surface area contributed by atoms with Crippen LogP contribution in [-0.2, 0) is 11.2 Å². The molecule has 0 saturated carbocycles. The predicted molar refractivity (Wildman–Crippen MR) is 57.1 cm³/mol. The molecule has 2 heterocycles. The largest absolute Gasteiger partial charge is 0.369 e. The van der Waals surface area contributed by atoms with Gasteiger partial charge in [0.15, 0.2) is 5.82 Å². The van der Waals surface area contributed by atoms with Crippen molar-refractivity contribution in [1.29, 1.82) is 0 Å². The van der Waals surface area contributed by atoms with Crippen molar-refractivity contribution in [2.75, 3.05) is 0 Å². The van der Waals surface area contributed by atoms with Crippen LogP contribution in [0.15, 0.2) is 24.5 Å². The minimum atomic E-state index is -0.471. The van der Waals surface area contributed by atoms with E-state index in [-0.39, 0.29) is 11.7 Å². The number of hydrogen-bond donors (Lipinski definition) is 1. The van der Waals surface area contributed by atoms with E-state index in [1.54, 1.807) is 24.5 Å². The SMILES string of the molecule is NC(=O)Cc1cc(-n2cccn2)nc(Cl)n1. The number of aromatic nitrogens is 4. The lowest BCUT2D eigenvalue weighted by Gasteiger charge is -2.03. The number of nitrogens with zero attached hydrogens (tertiary/aromatic N) is 4. The summed E-state index contributed by atoms with van der Waals surface area (Å²) in [6.07, 6.45) is 3.35. The van der Waals surface area contributed by atoms with Gasteiger partial charge in [0.2, 0.25) is 11.2 Å². The van der Waals surface area contributed by atoms with E-state index in [2.05, 4.69) is 15.1 Å². The first-order valence-electron chi connectivity index (χ1n) is 4.47. The molecule has 16 heavy (non-hydrogen) atoms. The zero-order valence-electron chi connectivity index (χ0n) is 8.17. The van der Waals surface area contributed by atoms with Gasteiger partial charge in [-0.25, -0.2) is 9.67 Å². The van der Waals surface area contributed by atoms with Crippen LogP contribution >= 0.6 is 11.6 Å². The molecule has 2 rings (SSSR count). The second-order valence-electron chi connectivity index (χ2n) is 3.08. The summed E-state index contributed by atoms with van der Waals surface area (Å²) >= 11 is 5.73. The van der Waals surface area contributed by atoms with Crippen molar-refractivity contribution in [3.05, 3.63) is 35.5 Å². The molecule has 82 valence electrons. The van der Waals surface area contributed by atoms with Gasteiger partial charge in [-0.2, -0.15) is 10.1 Å². The Balaban J connectivity index is 2.40. The molecule has 7 heteroatoms. The fourth-order valence-electron chi connectivity index (χ4n) is 1.24. The molecule has 0 spiro atoms. The topological polar surface area (TPSA) is 86.7 Å². The molecule has 0 radical (unpaired) electrons. The minimum Gasteiger partial charge on any atom is -0.369 e. The van der Waals surface area contributed by atoms with Crippen molar-refractivity contribution in [1.82, 2.24) is 19.7 Å². The standard InChI is InChI=1S/C9H8ClN5O/c10-9-13-6(4-7(11)16)5-8(14-9)15-3-1-2-12-15/h1-3,5H,4H2,(H2,11,16). The molecule has 0 aliphatic carbocycles. The van der Waals surface area contributed by atoms with Crippen LogP contribution in [0, 0.1) is 0 Å². The monoisotopic (exact) mass is 237 g/mol. The van der Waals surface area contributed by atoms with Crippen molar-refractivity contribution in [3.63, 3.8) is 0 Å². The van der Waals surface area contributed by atoms with Crippen molar-refractivity contribution < 1.29 is 4.79 Å². The summed E-state index contributed by atoms with van der Waals surface area (Å²) in [6.45, 7) is 0. The molecule has 0 bridgehead atoms. The molecule has 1 amide bonds. The first-order chi connectivity index (χ1) is 7.65. The third kappa shape index (κ3) is 2.34. The molecule has 0 fully saturated rings. The van der Waals surface area contributed by atoms with E-state index in [4.69, 9.17) is 17.3 Å². The first kappa shape index (κ1) is 10.6. The summed E-state index contributed by atoms with van der Waals surface area (Å²) in [5.74, 6) is 0.0300. The normalized spacial score (nSPS) is 10.3. The summed E-state index contributed by atoms with van der Waals surface area (Å²) in [5, 5.41) is 4.06. The fraction of sp³-hybridized carbons (Fsp3) is 0.111. The highest BCUT2D eigenvalue weighted by Crippen LogP contribution is 2.09. The number of carbonyl (C=O) groups excluding carboxylic acids is 1. The van der Waals surface area contributed by atoms with Crippen LogP contribution in [0.5, 0.6) is 0 Å². The summed E-state index contributed by atoms with van der Waals surface area (Å²) in [6, 6.07) is 3.37. The maximum Gasteiger partial charge on any atom is 0.224 e. The molecule has 0 aromatic carbocycles. The Bertz CT molecular complexity index is 511. The molecular weight excluding hydrogens is 230 g/mol. The number of hydrogen-bond acceptors (Lipinski definition) is 4. The maximum atomic E-state index is 10.8. The Labute approximate surface area is 96.1 Å². The Morgan fingerprint density at radius 1 is 1.50 bits per heavy atom. The lowest BCUT2D eigenvalue weighted by Crippen LogP contribution is -2.15. The van der Waals surface area contributed by atoms with Gasteiger partial charge in [-0.05, 0) is 17.7 Å². The number of amides is 1. The molecule has 0 atom stereocenters. The van der Waals surface area contributed by atoms with Gasteiger partial charge < -0.3 is 5.73 Å². The van der Waals surface area contributed by atoms with Crippen LogP contribution in [0.3, 0.4) is 0 Å². The zero-order chi connectivity index (χ0) is 11.5.